The third-order valence-electron chi connectivity index (χ3n) is 2.29. The largest absolute Gasteiger partial charge is 0.345 e. The molecule has 4 heteroatoms. The molecule has 0 fully saturated rings. The summed E-state index contributed by atoms with van der Waals surface area (Å²) in [6.45, 7) is 0. The van der Waals surface area contributed by atoms with E-state index in [0.29, 0.717) is 0 Å². The van der Waals surface area contributed by atoms with Gasteiger partial charge in [-0.2, -0.15) is 0 Å². The van der Waals surface area contributed by atoms with E-state index in [1.807, 2.05) is 12.1 Å². The molecule has 0 spiro atoms. The van der Waals surface area contributed by atoms with Crippen LogP contribution < -0.4 is 4.90 Å². The Balaban J connectivity index is 0. The van der Waals surface area contributed by atoms with Gasteiger partial charge in [0, 0.05) is 18.4 Å². The van der Waals surface area contributed by atoms with Gasteiger partial charge in [-0.05, 0) is 24.3 Å². The van der Waals surface area contributed by atoms with Crippen molar-refractivity contribution in [3.8, 4) is 0 Å². The first-order chi connectivity index (χ1) is 6.88. The van der Waals surface area contributed by atoms with Crippen LogP contribution in [-0.4, -0.2) is 7.05 Å². The van der Waals surface area contributed by atoms with E-state index in [0.717, 1.165) is 0 Å². The van der Waals surface area contributed by atoms with Crippen molar-refractivity contribution in [2.75, 3.05) is 11.9 Å². The number of hydrogen-bond donors (Lipinski definition) is 0. The molecule has 1 nitrogen and oxygen atoms in total. The molecular weight excluding hydrogens is 277 g/mol. The predicted octanol–water partition coefficient (Wildman–Crippen LogP) is 4.72. The van der Waals surface area contributed by atoms with E-state index in [4.69, 9.17) is 0 Å². The molecule has 0 heterocycles. The first-order valence-corrected chi connectivity index (χ1v) is 4.72. The average Bonchev–Trinajstić information content (AvgIpc) is 2.30. The van der Waals surface area contributed by atoms with Crippen LogP contribution in [0.3, 0.4) is 0 Å². The second-order valence-corrected chi connectivity index (χ2v) is 3.23. The zero-order chi connectivity index (χ0) is 9.80. The Hall–Kier alpha value is -0.890. The van der Waals surface area contributed by atoms with Crippen molar-refractivity contribution in [1.82, 2.24) is 0 Å². The van der Waals surface area contributed by atoms with Gasteiger partial charge in [0.05, 0.1) is 0 Å². The summed E-state index contributed by atoms with van der Waals surface area (Å²) in [6, 6.07) is 20.7. The second kappa shape index (κ2) is 9.17. The Kier molecular flexibility index (Phi) is 9.97. The SMILES string of the molecule is CN(c1ccccc1)c1ccccc1.Cl.Cl.Cl. The Morgan fingerprint density at radius 3 is 1.18 bits per heavy atom. The molecule has 2 aromatic carbocycles. The molecule has 0 saturated carbocycles. The van der Waals surface area contributed by atoms with Gasteiger partial charge in [0.15, 0.2) is 0 Å². The highest BCUT2D eigenvalue weighted by Crippen LogP contribution is 2.21. The number of hydrogen-bond acceptors (Lipinski definition) is 1. The Labute approximate surface area is 121 Å². The summed E-state index contributed by atoms with van der Waals surface area (Å²) in [5, 5.41) is 0. The summed E-state index contributed by atoms with van der Waals surface area (Å²) < 4.78 is 0. The molecule has 17 heavy (non-hydrogen) atoms. The molecule has 2 aromatic rings. The predicted molar refractivity (Wildman–Crippen MR) is 82.7 cm³/mol. The first-order valence-electron chi connectivity index (χ1n) is 4.72. The van der Waals surface area contributed by atoms with Crippen molar-refractivity contribution >= 4 is 48.6 Å². The third kappa shape index (κ3) is 4.86. The summed E-state index contributed by atoms with van der Waals surface area (Å²) in [7, 11) is 2.07. The summed E-state index contributed by atoms with van der Waals surface area (Å²) in [6.07, 6.45) is 0. The van der Waals surface area contributed by atoms with E-state index in [9.17, 15) is 0 Å². The van der Waals surface area contributed by atoms with Crippen LogP contribution in [0.5, 0.6) is 0 Å². The highest BCUT2D eigenvalue weighted by molar-refractivity contribution is 5.86. The van der Waals surface area contributed by atoms with E-state index in [1.165, 1.54) is 11.4 Å². The third-order valence-corrected chi connectivity index (χ3v) is 2.29. The monoisotopic (exact) mass is 291 g/mol. The van der Waals surface area contributed by atoms with E-state index in [2.05, 4.69) is 60.5 Å². The maximum Gasteiger partial charge on any atom is 0.0408 e. The molecular formula is C13H16Cl3N. The van der Waals surface area contributed by atoms with Gasteiger partial charge in [0.1, 0.15) is 0 Å². The van der Waals surface area contributed by atoms with Crippen LogP contribution in [0.15, 0.2) is 60.7 Å². The van der Waals surface area contributed by atoms with Crippen LogP contribution in [-0.2, 0) is 0 Å². The molecule has 0 bridgehead atoms. The molecule has 0 atom stereocenters. The molecule has 0 aliphatic carbocycles. The highest BCUT2D eigenvalue weighted by Gasteiger charge is 2.00. The van der Waals surface area contributed by atoms with Gasteiger partial charge in [0.25, 0.3) is 0 Å². The van der Waals surface area contributed by atoms with E-state index in [1.54, 1.807) is 0 Å². The maximum absolute atomic E-state index is 2.17. The lowest BCUT2D eigenvalue weighted by atomic mass is 10.2. The molecule has 0 unspecified atom stereocenters. The van der Waals surface area contributed by atoms with Crippen LogP contribution in [0.1, 0.15) is 0 Å². The number of benzene rings is 2. The van der Waals surface area contributed by atoms with Gasteiger partial charge in [-0.25, -0.2) is 0 Å². The van der Waals surface area contributed by atoms with E-state index < -0.39 is 0 Å². The van der Waals surface area contributed by atoms with Crippen LogP contribution >= 0.6 is 37.2 Å². The second-order valence-electron chi connectivity index (χ2n) is 3.23. The summed E-state index contributed by atoms with van der Waals surface area (Å²) >= 11 is 0. The minimum Gasteiger partial charge on any atom is -0.345 e. The van der Waals surface area contributed by atoms with Gasteiger partial charge in [-0.3, -0.25) is 0 Å². The van der Waals surface area contributed by atoms with Crippen molar-refractivity contribution in [2.24, 2.45) is 0 Å². The van der Waals surface area contributed by atoms with Crippen molar-refractivity contribution in [2.45, 2.75) is 0 Å². The molecule has 0 aromatic heterocycles. The maximum atomic E-state index is 2.17. The number of halogens is 3. The molecule has 0 amide bonds. The molecule has 0 aliphatic heterocycles. The normalized spacial score (nSPS) is 8.06. The fraction of sp³-hybridized carbons (Fsp3) is 0.0769. The molecule has 94 valence electrons. The van der Waals surface area contributed by atoms with Gasteiger partial charge in [0.2, 0.25) is 0 Å². The fourth-order valence-corrected chi connectivity index (χ4v) is 1.45. The molecule has 0 radical (unpaired) electrons. The van der Waals surface area contributed by atoms with Crippen molar-refractivity contribution in [1.29, 1.82) is 0 Å². The smallest absolute Gasteiger partial charge is 0.0408 e. The number of rotatable bonds is 2. The minimum atomic E-state index is 0. The lowest BCUT2D eigenvalue weighted by Gasteiger charge is -2.18. The zero-order valence-electron chi connectivity index (χ0n) is 9.45. The van der Waals surface area contributed by atoms with Gasteiger partial charge in [-0.1, -0.05) is 36.4 Å². The molecule has 0 aliphatic rings. The number of nitrogens with zero attached hydrogens (tertiary/aromatic N) is 1. The Bertz CT molecular complexity index is 352. The van der Waals surface area contributed by atoms with Crippen LogP contribution in [0, 0.1) is 0 Å². The van der Waals surface area contributed by atoms with E-state index >= 15 is 0 Å². The summed E-state index contributed by atoms with van der Waals surface area (Å²) in [5.74, 6) is 0. The standard InChI is InChI=1S/C13H13N.3ClH/c1-14(12-8-4-2-5-9-12)13-10-6-3-7-11-13;;;/h2-11H,1H3;3*1H. The number of anilines is 2. The van der Waals surface area contributed by atoms with Crippen LogP contribution in [0.4, 0.5) is 11.4 Å². The zero-order valence-corrected chi connectivity index (χ0v) is 11.9. The lowest BCUT2D eigenvalue weighted by Crippen LogP contribution is -2.08. The van der Waals surface area contributed by atoms with Crippen LogP contribution in [0.2, 0.25) is 0 Å². The molecule has 2 rings (SSSR count). The number of para-hydroxylation sites is 2. The van der Waals surface area contributed by atoms with Crippen LogP contribution in [0.25, 0.3) is 0 Å². The van der Waals surface area contributed by atoms with Gasteiger partial charge >= 0.3 is 0 Å². The van der Waals surface area contributed by atoms with Crippen molar-refractivity contribution in [3.63, 3.8) is 0 Å². The average molecular weight is 293 g/mol. The Morgan fingerprint density at radius 1 is 0.588 bits per heavy atom. The molecule has 0 N–H and O–H groups in total. The quantitative estimate of drug-likeness (QED) is 0.774. The fourth-order valence-electron chi connectivity index (χ4n) is 1.45. The van der Waals surface area contributed by atoms with Crippen molar-refractivity contribution < 1.29 is 0 Å². The molecule has 0 saturated heterocycles. The summed E-state index contributed by atoms with van der Waals surface area (Å²) in [4.78, 5) is 2.17. The van der Waals surface area contributed by atoms with E-state index in [-0.39, 0.29) is 37.2 Å². The Morgan fingerprint density at radius 2 is 0.882 bits per heavy atom. The topological polar surface area (TPSA) is 3.24 Å². The van der Waals surface area contributed by atoms with Crippen molar-refractivity contribution in [3.05, 3.63) is 60.7 Å². The lowest BCUT2D eigenvalue weighted by molar-refractivity contribution is 1.21. The van der Waals surface area contributed by atoms with Gasteiger partial charge < -0.3 is 4.90 Å². The highest BCUT2D eigenvalue weighted by atomic mass is 35.5. The van der Waals surface area contributed by atoms with Gasteiger partial charge in [-0.15, -0.1) is 37.2 Å². The first kappa shape index (κ1) is 18.5. The minimum absolute atomic E-state index is 0. The summed E-state index contributed by atoms with van der Waals surface area (Å²) in [5.41, 5.74) is 2.41.